The predicted molar refractivity (Wildman–Crippen MR) is 101 cm³/mol. The average Bonchev–Trinajstić information content (AvgIpc) is 2.49. The molecule has 0 unspecified atom stereocenters. The van der Waals surface area contributed by atoms with Crippen molar-refractivity contribution in [2.24, 2.45) is 0 Å². The summed E-state index contributed by atoms with van der Waals surface area (Å²) < 4.78 is 49.2. The van der Waals surface area contributed by atoms with E-state index in [0.717, 1.165) is 18.2 Å². The van der Waals surface area contributed by atoms with Crippen molar-refractivity contribution in [1.29, 1.82) is 0 Å². The number of amides is 1. The van der Waals surface area contributed by atoms with Crippen LogP contribution in [0.5, 0.6) is 0 Å². The summed E-state index contributed by atoms with van der Waals surface area (Å²) in [6.07, 6.45) is -6.06. The monoisotopic (exact) mass is 434 g/mol. The highest BCUT2D eigenvalue weighted by molar-refractivity contribution is 5.90. The second kappa shape index (κ2) is 8.88. The third-order valence-electron chi connectivity index (χ3n) is 3.29. The van der Waals surface area contributed by atoms with Gasteiger partial charge >= 0.3 is 18.2 Å². The van der Waals surface area contributed by atoms with Crippen LogP contribution >= 0.6 is 0 Å². The zero-order chi connectivity index (χ0) is 23.5. The van der Waals surface area contributed by atoms with Crippen LogP contribution in [0.2, 0.25) is 0 Å². The fraction of sp³-hybridized carbons (Fsp3) is 0.579. The van der Waals surface area contributed by atoms with Gasteiger partial charge in [-0.3, -0.25) is 15.0 Å². The number of nitrogens with zero attached hydrogens (tertiary/aromatic N) is 2. The van der Waals surface area contributed by atoms with E-state index in [2.05, 4.69) is 0 Å². The van der Waals surface area contributed by atoms with Crippen LogP contribution < -0.4 is 0 Å². The molecule has 0 radical (unpaired) electrons. The van der Waals surface area contributed by atoms with E-state index in [0.29, 0.717) is 4.90 Å². The van der Waals surface area contributed by atoms with Crippen LogP contribution in [0.3, 0.4) is 0 Å². The average molecular weight is 434 g/mol. The molecule has 11 heteroatoms. The lowest BCUT2D eigenvalue weighted by atomic mass is 10.1. The van der Waals surface area contributed by atoms with Crippen molar-refractivity contribution >= 4 is 17.7 Å². The van der Waals surface area contributed by atoms with E-state index >= 15 is 0 Å². The largest absolute Gasteiger partial charge is 0.456 e. The van der Waals surface area contributed by atoms with Crippen LogP contribution in [-0.4, -0.2) is 45.8 Å². The molecule has 168 valence electrons. The van der Waals surface area contributed by atoms with Gasteiger partial charge < -0.3 is 9.47 Å². The molecular formula is C19H25F3N2O6. The molecule has 0 aliphatic carbocycles. The quantitative estimate of drug-likeness (QED) is 0.373. The van der Waals surface area contributed by atoms with Crippen molar-refractivity contribution in [3.63, 3.8) is 0 Å². The van der Waals surface area contributed by atoms with Gasteiger partial charge in [-0.2, -0.15) is 13.2 Å². The van der Waals surface area contributed by atoms with Crippen molar-refractivity contribution in [3.05, 3.63) is 39.4 Å². The van der Waals surface area contributed by atoms with E-state index in [-0.39, 0.29) is 11.1 Å². The fourth-order valence-electron chi connectivity index (χ4n) is 2.29. The minimum atomic E-state index is -4.77. The van der Waals surface area contributed by atoms with Gasteiger partial charge in [0.1, 0.15) is 17.7 Å². The number of halogens is 3. The number of esters is 1. The highest BCUT2D eigenvalue weighted by atomic mass is 19.4. The van der Waals surface area contributed by atoms with Crippen molar-refractivity contribution in [2.75, 3.05) is 6.54 Å². The number of carbonyl (C=O) groups is 2. The van der Waals surface area contributed by atoms with Crippen molar-refractivity contribution < 1.29 is 37.2 Å². The molecule has 0 aliphatic rings. The van der Waals surface area contributed by atoms with E-state index in [1.165, 1.54) is 20.8 Å². The topological polar surface area (TPSA) is 99.0 Å². The molecule has 0 aromatic heterocycles. The Morgan fingerprint density at radius 2 is 1.57 bits per heavy atom. The Balaban J connectivity index is 3.34. The van der Waals surface area contributed by atoms with Crippen LogP contribution in [0.15, 0.2) is 18.2 Å². The summed E-state index contributed by atoms with van der Waals surface area (Å²) in [4.78, 5) is 35.3. The molecule has 30 heavy (non-hydrogen) atoms. The van der Waals surface area contributed by atoms with Gasteiger partial charge in [0, 0.05) is 6.07 Å². The lowest BCUT2D eigenvalue weighted by molar-refractivity contribution is -0.385. The number of benzene rings is 1. The Bertz CT molecular complexity index is 810. The van der Waals surface area contributed by atoms with E-state index < -0.39 is 53.1 Å². The summed E-state index contributed by atoms with van der Waals surface area (Å²) >= 11 is 0. The highest BCUT2D eigenvalue weighted by Crippen LogP contribution is 2.26. The number of carbonyl (C=O) groups excluding carboxylic acids is 2. The second-order valence-electron chi connectivity index (χ2n) is 8.55. The molecule has 1 rings (SSSR count). The minimum absolute atomic E-state index is 0.0957. The maximum Gasteiger partial charge on any atom is 0.410 e. The smallest absolute Gasteiger partial charge is 0.410 e. The van der Waals surface area contributed by atoms with Gasteiger partial charge in [0.2, 0.25) is 0 Å². The van der Waals surface area contributed by atoms with Crippen LogP contribution in [0.25, 0.3) is 0 Å². The summed E-state index contributed by atoms with van der Waals surface area (Å²) in [5.74, 6) is -0.807. The van der Waals surface area contributed by atoms with Crippen molar-refractivity contribution in [1.82, 2.24) is 4.90 Å². The van der Waals surface area contributed by atoms with E-state index in [9.17, 15) is 32.9 Å². The first-order chi connectivity index (χ1) is 13.4. The van der Waals surface area contributed by atoms with Crippen LogP contribution in [-0.2, 0) is 16.0 Å². The van der Waals surface area contributed by atoms with E-state index in [4.69, 9.17) is 9.47 Å². The molecule has 1 aromatic rings. The molecule has 0 bridgehead atoms. The normalized spacial score (nSPS) is 12.3. The van der Waals surface area contributed by atoms with Crippen LogP contribution in [0.1, 0.15) is 57.5 Å². The van der Waals surface area contributed by atoms with Crippen molar-refractivity contribution in [3.8, 4) is 0 Å². The van der Waals surface area contributed by atoms with Gasteiger partial charge in [-0.25, -0.2) is 9.59 Å². The first-order valence-corrected chi connectivity index (χ1v) is 8.93. The summed E-state index contributed by atoms with van der Waals surface area (Å²) in [6, 6.07) is 3.16. The molecule has 0 spiro atoms. The van der Waals surface area contributed by atoms with E-state index in [1.54, 1.807) is 20.8 Å². The Hall–Kier alpha value is -2.85. The summed E-state index contributed by atoms with van der Waals surface area (Å²) in [5, 5.41) is 11.3. The summed E-state index contributed by atoms with van der Waals surface area (Å²) in [5.41, 5.74) is -2.83. The van der Waals surface area contributed by atoms with Gasteiger partial charge in [0.05, 0.1) is 22.6 Å². The molecule has 0 saturated heterocycles. The van der Waals surface area contributed by atoms with Gasteiger partial charge in [0.25, 0.3) is 5.69 Å². The summed E-state index contributed by atoms with van der Waals surface area (Å²) in [6.45, 7) is 6.80. The number of nitro benzene ring substituents is 1. The Labute approximate surface area is 172 Å². The van der Waals surface area contributed by atoms with Crippen LogP contribution in [0, 0.1) is 10.1 Å². The van der Waals surface area contributed by atoms with Gasteiger partial charge in [-0.15, -0.1) is 0 Å². The molecule has 1 amide bonds. The molecule has 0 heterocycles. The standard InChI is InChI=1S/C19H25F3N2O6/c1-17(2,3)29-15(25)12-7-8-14(24(27)28)13(9-12)10-23(11-19(20,21)22)16(26)30-18(4,5)6/h7-9H,10-11H2,1-6H3. The lowest BCUT2D eigenvalue weighted by Gasteiger charge is -2.28. The molecule has 0 N–H and O–H groups in total. The predicted octanol–water partition coefficient (Wildman–Crippen LogP) is 4.85. The van der Waals surface area contributed by atoms with Crippen molar-refractivity contribution in [2.45, 2.75) is 65.5 Å². The molecule has 0 atom stereocenters. The van der Waals surface area contributed by atoms with E-state index in [1.807, 2.05) is 0 Å². The molecular weight excluding hydrogens is 409 g/mol. The SMILES string of the molecule is CC(C)(C)OC(=O)c1ccc([N+](=O)[O-])c(CN(CC(F)(F)F)C(=O)OC(C)(C)C)c1. The zero-order valence-electron chi connectivity index (χ0n) is 17.6. The zero-order valence-corrected chi connectivity index (χ0v) is 17.6. The number of hydrogen-bond donors (Lipinski definition) is 0. The number of nitro groups is 1. The molecule has 0 aliphatic heterocycles. The summed E-state index contributed by atoms with van der Waals surface area (Å²) in [7, 11) is 0. The van der Waals surface area contributed by atoms with Crippen LogP contribution in [0.4, 0.5) is 23.7 Å². The Kier molecular flexibility index (Phi) is 7.46. The van der Waals surface area contributed by atoms with Gasteiger partial charge in [-0.1, -0.05) is 0 Å². The maximum atomic E-state index is 13.0. The first-order valence-electron chi connectivity index (χ1n) is 8.93. The fourth-order valence-corrected chi connectivity index (χ4v) is 2.29. The Morgan fingerprint density at radius 3 is 2.00 bits per heavy atom. The number of rotatable bonds is 5. The van der Waals surface area contributed by atoms with Gasteiger partial charge in [-0.05, 0) is 53.7 Å². The lowest BCUT2D eigenvalue weighted by Crippen LogP contribution is -2.41. The molecule has 0 saturated carbocycles. The third kappa shape index (κ3) is 8.66. The maximum absolute atomic E-state index is 13.0. The first kappa shape index (κ1) is 25.2. The third-order valence-corrected chi connectivity index (χ3v) is 3.29. The highest BCUT2D eigenvalue weighted by Gasteiger charge is 2.36. The molecule has 1 aromatic carbocycles. The number of ether oxygens (including phenoxy) is 2. The molecule has 8 nitrogen and oxygen atoms in total. The number of alkyl halides is 3. The molecule has 0 fully saturated rings. The number of hydrogen-bond acceptors (Lipinski definition) is 6. The second-order valence-corrected chi connectivity index (χ2v) is 8.55. The minimum Gasteiger partial charge on any atom is -0.456 e. The van der Waals surface area contributed by atoms with Gasteiger partial charge in [0.15, 0.2) is 0 Å². The Morgan fingerprint density at radius 1 is 1.03 bits per heavy atom.